The Hall–Kier alpha value is -2.76. The molecule has 6 heteroatoms. The van der Waals surface area contributed by atoms with Crippen LogP contribution >= 0.6 is 0 Å². The fourth-order valence-corrected chi connectivity index (χ4v) is 1.11. The molecule has 0 unspecified atom stereocenters. The van der Waals surface area contributed by atoms with Gasteiger partial charge in [-0.1, -0.05) is 11.8 Å². The number of nitrogens with two attached hydrogens (primary N) is 2. The van der Waals surface area contributed by atoms with E-state index in [1.807, 2.05) is 0 Å². The van der Waals surface area contributed by atoms with Gasteiger partial charge in [-0.25, -0.2) is 9.78 Å². The van der Waals surface area contributed by atoms with Gasteiger partial charge in [-0.05, 0) is 12.1 Å². The Morgan fingerprint density at radius 1 is 1.11 bits per heavy atom. The van der Waals surface area contributed by atoms with E-state index in [-0.39, 0.29) is 11.3 Å². The molecule has 0 aliphatic heterocycles. The van der Waals surface area contributed by atoms with Gasteiger partial charge in [0.25, 0.3) is 0 Å². The summed E-state index contributed by atoms with van der Waals surface area (Å²) >= 11 is 0. The minimum atomic E-state index is -1.25. The fourth-order valence-electron chi connectivity index (χ4n) is 1.11. The van der Waals surface area contributed by atoms with Gasteiger partial charge in [0.05, 0.1) is 5.56 Å². The van der Waals surface area contributed by atoms with E-state index in [1.54, 1.807) is 24.5 Å². The number of benzene rings is 1. The van der Waals surface area contributed by atoms with Crippen LogP contribution in [0, 0.1) is 0 Å². The first-order valence-corrected chi connectivity index (χ1v) is 5.02. The van der Waals surface area contributed by atoms with Crippen LogP contribution in [-0.4, -0.2) is 11.1 Å². The van der Waals surface area contributed by atoms with Gasteiger partial charge >= 0.3 is 5.97 Å². The summed E-state index contributed by atoms with van der Waals surface area (Å²) in [6.45, 7) is 0. The average molecular weight is 247 g/mol. The Kier molecular flexibility index (Phi) is 4.50. The minimum Gasteiger partial charge on any atom is -0.872 e. The lowest BCUT2D eigenvalue weighted by Crippen LogP contribution is -2.04. The summed E-state index contributed by atoms with van der Waals surface area (Å²) < 4.78 is 0. The Morgan fingerprint density at radius 3 is 2.11 bits per heavy atom. The molecule has 0 radical (unpaired) electrons. The summed E-state index contributed by atoms with van der Waals surface area (Å²) in [6.07, 6.45) is 3.57. The van der Waals surface area contributed by atoms with Crippen LogP contribution in [-0.2, 0) is 0 Å². The van der Waals surface area contributed by atoms with Crippen molar-refractivity contribution in [2.24, 2.45) is 0 Å². The molecule has 0 bridgehead atoms. The topological polar surface area (TPSA) is 127 Å². The SMILES string of the molecule is Nc1cc[nH+]cc1.Nc1ccc([O-])c(C(=O)O)c1. The second-order valence-electron chi connectivity index (χ2n) is 3.39. The molecule has 0 saturated heterocycles. The van der Waals surface area contributed by atoms with Gasteiger partial charge < -0.3 is 21.7 Å². The summed E-state index contributed by atoms with van der Waals surface area (Å²) in [4.78, 5) is 13.2. The van der Waals surface area contributed by atoms with E-state index >= 15 is 0 Å². The summed E-state index contributed by atoms with van der Waals surface area (Å²) in [5.74, 6) is -1.77. The highest BCUT2D eigenvalue weighted by Gasteiger charge is 2.02. The number of hydrogen-bond donors (Lipinski definition) is 3. The van der Waals surface area contributed by atoms with Gasteiger partial charge in [0.15, 0.2) is 12.4 Å². The van der Waals surface area contributed by atoms with Crippen LogP contribution in [0.2, 0.25) is 0 Å². The molecule has 0 aliphatic rings. The number of pyridine rings is 1. The van der Waals surface area contributed by atoms with Crippen LogP contribution in [0.4, 0.5) is 11.4 Å². The molecule has 18 heavy (non-hydrogen) atoms. The van der Waals surface area contributed by atoms with E-state index in [0.29, 0.717) is 0 Å². The van der Waals surface area contributed by atoms with E-state index in [1.165, 1.54) is 6.07 Å². The van der Waals surface area contributed by atoms with Crippen molar-refractivity contribution in [3.8, 4) is 5.75 Å². The second-order valence-corrected chi connectivity index (χ2v) is 3.39. The molecule has 1 aromatic heterocycles. The lowest BCUT2D eigenvalue weighted by Gasteiger charge is -2.09. The number of carbonyl (C=O) groups is 1. The zero-order valence-electron chi connectivity index (χ0n) is 9.46. The Labute approximate surface area is 104 Å². The van der Waals surface area contributed by atoms with Crippen LogP contribution in [0.15, 0.2) is 42.7 Å². The molecule has 94 valence electrons. The Morgan fingerprint density at radius 2 is 1.72 bits per heavy atom. The summed E-state index contributed by atoms with van der Waals surface area (Å²) in [5, 5.41) is 19.2. The minimum absolute atomic E-state index is 0.280. The summed E-state index contributed by atoms with van der Waals surface area (Å²) in [7, 11) is 0. The predicted molar refractivity (Wildman–Crippen MR) is 64.7 cm³/mol. The van der Waals surface area contributed by atoms with E-state index in [2.05, 4.69) is 4.98 Å². The number of H-pyrrole nitrogens is 1. The predicted octanol–water partition coefficient (Wildman–Crippen LogP) is 0.123. The third-order valence-corrected chi connectivity index (χ3v) is 1.98. The molecule has 0 spiro atoms. The van der Waals surface area contributed by atoms with Crippen LogP contribution in [0.5, 0.6) is 5.75 Å². The lowest BCUT2D eigenvalue weighted by atomic mass is 10.2. The van der Waals surface area contributed by atoms with Crippen molar-refractivity contribution in [3.63, 3.8) is 0 Å². The molecular formula is C12H13N3O3. The summed E-state index contributed by atoms with van der Waals surface area (Å²) in [5.41, 5.74) is 11.4. The van der Waals surface area contributed by atoms with Crippen molar-refractivity contribution in [2.45, 2.75) is 0 Å². The second kappa shape index (κ2) is 6.09. The van der Waals surface area contributed by atoms with E-state index < -0.39 is 11.7 Å². The van der Waals surface area contributed by atoms with Crippen molar-refractivity contribution in [2.75, 3.05) is 11.5 Å². The van der Waals surface area contributed by atoms with Crippen LogP contribution in [0.25, 0.3) is 0 Å². The number of aromatic nitrogens is 1. The molecule has 2 rings (SSSR count). The number of nitrogens with one attached hydrogen (secondary N) is 1. The number of aromatic amines is 1. The number of carboxylic acids is 1. The van der Waals surface area contributed by atoms with Gasteiger partial charge in [0, 0.05) is 23.5 Å². The highest BCUT2D eigenvalue weighted by Crippen LogP contribution is 2.16. The molecule has 0 aliphatic carbocycles. The molecule has 1 heterocycles. The quantitative estimate of drug-likeness (QED) is 0.617. The normalized spacial score (nSPS) is 9.11. The number of carboxylic acid groups (broad SMARTS) is 1. The number of nitrogen functional groups attached to an aromatic ring is 2. The average Bonchev–Trinajstić information content (AvgIpc) is 2.34. The maximum atomic E-state index is 10.8. The monoisotopic (exact) mass is 247 g/mol. The standard InChI is InChI=1S/C7H7NO3.C5H6N2/c8-4-1-2-6(9)5(3-4)7(10)11;6-5-1-3-7-4-2-5/h1-3,9H,8H2,(H,10,11);1-4H,(H2,6,7). The van der Waals surface area contributed by atoms with Crippen LogP contribution < -0.4 is 21.6 Å². The van der Waals surface area contributed by atoms with Crippen molar-refractivity contribution in [1.29, 1.82) is 0 Å². The molecule has 0 fully saturated rings. The van der Waals surface area contributed by atoms with Crippen molar-refractivity contribution >= 4 is 17.3 Å². The van der Waals surface area contributed by atoms with Gasteiger partial charge in [-0.2, -0.15) is 0 Å². The Balaban J connectivity index is 0.000000199. The van der Waals surface area contributed by atoms with E-state index in [9.17, 15) is 9.90 Å². The smallest absolute Gasteiger partial charge is 0.335 e. The molecule has 6 N–H and O–H groups in total. The number of hydrogen-bond acceptors (Lipinski definition) is 4. The fraction of sp³-hybridized carbons (Fsp3) is 0. The zero-order valence-corrected chi connectivity index (χ0v) is 9.46. The number of rotatable bonds is 1. The zero-order chi connectivity index (χ0) is 13.5. The first kappa shape index (κ1) is 13.3. The van der Waals surface area contributed by atoms with Gasteiger partial charge in [0.1, 0.15) is 0 Å². The first-order chi connectivity index (χ1) is 8.50. The molecule has 1 aromatic carbocycles. The number of aromatic carboxylic acids is 1. The van der Waals surface area contributed by atoms with Gasteiger partial charge in [0.2, 0.25) is 0 Å². The largest absolute Gasteiger partial charge is 0.872 e. The molecule has 0 atom stereocenters. The molecule has 6 nitrogen and oxygen atoms in total. The molecular weight excluding hydrogens is 234 g/mol. The highest BCUT2D eigenvalue weighted by molar-refractivity contribution is 5.91. The molecule has 0 amide bonds. The first-order valence-electron chi connectivity index (χ1n) is 5.02. The van der Waals surface area contributed by atoms with Crippen LogP contribution in [0.1, 0.15) is 10.4 Å². The maximum absolute atomic E-state index is 10.8. The summed E-state index contributed by atoms with van der Waals surface area (Å²) in [6, 6.07) is 7.26. The van der Waals surface area contributed by atoms with Gasteiger partial charge in [-0.15, -0.1) is 0 Å². The molecule has 2 aromatic rings. The molecule has 0 saturated carbocycles. The lowest BCUT2D eigenvalue weighted by molar-refractivity contribution is -0.377. The van der Waals surface area contributed by atoms with Crippen molar-refractivity contribution < 1.29 is 20.0 Å². The van der Waals surface area contributed by atoms with Crippen molar-refractivity contribution in [1.82, 2.24) is 0 Å². The van der Waals surface area contributed by atoms with E-state index in [4.69, 9.17) is 16.6 Å². The number of anilines is 2. The highest BCUT2D eigenvalue weighted by atomic mass is 16.4. The van der Waals surface area contributed by atoms with Gasteiger partial charge in [-0.3, -0.25) is 0 Å². The maximum Gasteiger partial charge on any atom is 0.335 e. The van der Waals surface area contributed by atoms with Crippen molar-refractivity contribution in [3.05, 3.63) is 48.3 Å². The third kappa shape index (κ3) is 4.01. The Bertz CT molecular complexity index is 529. The third-order valence-electron chi connectivity index (χ3n) is 1.98. The van der Waals surface area contributed by atoms with E-state index in [0.717, 1.165) is 17.8 Å². The van der Waals surface area contributed by atoms with Crippen LogP contribution in [0.3, 0.4) is 0 Å².